The maximum atomic E-state index is 5.91. The highest BCUT2D eigenvalue weighted by molar-refractivity contribution is 6.29. The van der Waals surface area contributed by atoms with Crippen LogP contribution in [0.5, 0.6) is 0 Å². The third kappa shape index (κ3) is 2.07. The average molecular weight is 249 g/mol. The number of halogens is 1. The zero-order chi connectivity index (χ0) is 12.0. The van der Waals surface area contributed by atoms with Crippen molar-refractivity contribution in [3.8, 4) is 11.6 Å². The number of aryl methyl sites for hydroxylation is 1. The third-order valence-corrected chi connectivity index (χ3v) is 3.34. The van der Waals surface area contributed by atoms with Gasteiger partial charge in [-0.15, -0.1) is 0 Å². The van der Waals surface area contributed by atoms with Crippen molar-refractivity contribution in [2.45, 2.75) is 26.2 Å². The Bertz CT molecular complexity index is 544. The molecule has 3 nitrogen and oxygen atoms in total. The van der Waals surface area contributed by atoms with Gasteiger partial charge < -0.3 is 4.42 Å². The highest BCUT2D eigenvalue weighted by Gasteiger charge is 2.36. The van der Waals surface area contributed by atoms with E-state index in [1.165, 1.54) is 6.42 Å². The first-order chi connectivity index (χ1) is 8.13. The Labute approximate surface area is 105 Å². The van der Waals surface area contributed by atoms with Crippen molar-refractivity contribution in [2.75, 3.05) is 0 Å². The van der Waals surface area contributed by atoms with Gasteiger partial charge in [0.25, 0.3) is 0 Å². The Kier molecular flexibility index (Phi) is 2.44. The summed E-state index contributed by atoms with van der Waals surface area (Å²) in [5.41, 5.74) is 0.845. The lowest BCUT2D eigenvalue weighted by molar-refractivity contribution is 0.515. The third-order valence-electron chi connectivity index (χ3n) is 3.15. The van der Waals surface area contributed by atoms with Crippen LogP contribution in [0.4, 0.5) is 0 Å². The van der Waals surface area contributed by atoms with Crippen LogP contribution in [-0.2, 0) is 0 Å². The van der Waals surface area contributed by atoms with Crippen LogP contribution in [0.3, 0.4) is 0 Å². The summed E-state index contributed by atoms with van der Waals surface area (Å²) < 4.78 is 5.79. The van der Waals surface area contributed by atoms with E-state index < -0.39 is 0 Å². The van der Waals surface area contributed by atoms with E-state index in [2.05, 4.69) is 16.9 Å². The number of hydrogen-bond donors (Lipinski definition) is 0. The summed E-state index contributed by atoms with van der Waals surface area (Å²) in [5.74, 6) is 3.60. The molecule has 4 heteroatoms. The molecule has 0 aliphatic heterocycles. The molecule has 2 aromatic rings. The highest BCUT2D eigenvalue weighted by Crippen LogP contribution is 2.47. The van der Waals surface area contributed by atoms with Crippen LogP contribution >= 0.6 is 11.6 Å². The molecule has 0 spiro atoms. The van der Waals surface area contributed by atoms with Crippen LogP contribution in [-0.4, -0.2) is 9.97 Å². The molecule has 1 fully saturated rings. The van der Waals surface area contributed by atoms with E-state index in [-0.39, 0.29) is 0 Å². The van der Waals surface area contributed by atoms with Gasteiger partial charge in [0.2, 0.25) is 0 Å². The van der Waals surface area contributed by atoms with Gasteiger partial charge in [-0.1, -0.05) is 18.5 Å². The number of hydrogen-bond acceptors (Lipinski definition) is 3. The SMILES string of the molecule is Cc1cc(Cl)nc(-c2ccc(C3CC3C)o2)n1. The van der Waals surface area contributed by atoms with Crippen molar-refractivity contribution in [1.82, 2.24) is 9.97 Å². The van der Waals surface area contributed by atoms with Crippen molar-refractivity contribution in [3.05, 3.63) is 34.8 Å². The average Bonchev–Trinajstić information content (AvgIpc) is 2.80. The van der Waals surface area contributed by atoms with E-state index >= 15 is 0 Å². The van der Waals surface area contributed by atoms with Gasteiger partial charge in [0.15, 0.2) is 11.6 Å². The molecule has 17 heavy (non-hydrogen) atoms. The van der Waals surface area contributed by atoms with Gasteiger partial charge in [-0.25, -0.2) is 9.97 Å². The second-order valence-electron chi connectivity index (χ2n) is 4.68. The lowest BCUT2D eigenvalue weighted by atomic mass is 10.3. The standard InChI is InChI=1S/C13H13ClN2O/c1-7-5-9(7)10-3-4-11(17-10)13-15-8(2)6-12(14)16-13/h3-4,6-7,9H,5H2,1-2H3. The van der Waals surface area contributed by atoms with Crippen molar-refractivity contribution in [1.29, 1.82) is 0 Å². The summed E-state index contributed by atoms with van der Waals surface area (Å²) in [5, 5.41) is 0.449. The van der Waals surface area contributed by atoms with Crippen molar-refractivity contribution in [2.24, 2.45) is 5.92 Å². The molecule has 2 aromatic heterocycles. The molecular formula is C13H13ClN2O. The molecule has 88 valence electrons. The van der Waals surface area contributed by atoms with Gasteiger partial charge in [0.1, 0.15) is 10.9 Å². The van der Waals surface area contributed by atoms with Gasteiger partial charge in [-0.05, 0) is 37.5 Å². The molecular weight excluding hydrogens is 236 g/mol. The summed E-state index contributed by atoms with van der Waals surface area (Å²) in [6, 6.07) is 5.67. The van der Waals surface area contributed by atoms with E-state index in [4.69, 9.17) is 16.0 Å². The number of rotatable bonds is 2. The molecule has 0 saturated heterocycles. The number of nitrogens with zero attached hydrogens (tertiary/aromatic N) is 2. The minimum atomic E-state index is 0.449. The monoisotopic (exact) mass is 248 g/mol. The molecule has 1 aliphatic rings. The quantitative estimate of drug-likeness (QED) is 0.759. The van der Waals surface area contributed by atoms with Gasteiger partial charge >= 0.3 is 0 Å². The Morgan fingerprint density at radius 2 is 2.12 bits per heavy atom. The molecule has 2 atom stereocenters. The Balaban J connectivity index is 1.95. The van der Waals surface area contributed by atoms with Crippen LogP contribution in [0.2, 0.25) is 5.15 Å². The maximum Gasteiger partial charge on any atom is 0.197 e. The second kappa shape index (κ2) is 3.84. The molecule has 3 rings (SSSR count). The summed E-state index contributed by atoms with van der Waals surface area (Å²) in [4.78, 5) is 8.50. The highest BCUT2D eigenvalue weighted by atomic mass is 35.5. The predicted octanol–water partition coefficient (Wildman–Crippen LogP) is 3.82. The summed E-state index contributed by atoms with van der Waals surface area (Å²) >= 11 is 5.91. The van der Waals surface area contributed by atoms with Crippen molar-refractivity contribution < 1.29 is 4.42 Å². The molecule has 1 saturated carbocycles. The largest absolute Gasteiger partial charge is 0.457 e. The molecule has 1 aliphatic carbocycles. The van der Waals surface area contributed by atoms with Crippen LogP contribution in [0.15, 0.2) is 22.6 Å². The Morgan fingerprint density at radius 3 is 2.76 bits per heavy atom. The summed E-state index contributed by atoms with van der Waals surface area (Å²) in [6.45, 7) is 4.12. The zero-order valence-corrected chi connectivity index (χ0v) is 10.5. The van der Waals surface area contributed by atoms with Crippen molar-refractivity contribution >= 4 is 11.6 Å². The molecule has 0 aromatic carbocycles. The van der Waals surface area contributed by atoms with Crippen LogP contribution < -0.4 is 0 Å². The molecule has 2 heterocycles. The van der Waals surface area contributed by atoms with Gasteiger partial charge in [0.05, 0.1) is 0 Å². The molecule has 2 unspecified atom stereocenters. The van der Waals surface area contributed by atoms with E-state index in [1.807, 2.05) is 19.1 Å². The fourth-order valence-electron chi connectivity index (χ4n) is 2.03. The first-order valence-electron chi connectivity index (χ1n) is 5.75. The maximum absolute atomic E-state index is 5.91. The zero-order valence-electron chi connectivity index (χ0n) is 9.77. The van der Waals surface area contributed by atoms with Gasteiger partial charge in [0, 0.05) is 11.6 Å². The number of aromatic nitrogens is 2. The minimum absolute atomic E-state index is 0.449. The molecule has 0 N–H and O–H groups in total. The van der Waals surface area contributed by atoms with Crippen LogP contribution in [0.1, 0.15) is 30.7 Å². The summed E-state index contributed by atoms with van der Waals surface area (Å²) in [6.07, 6.45) is 1.21. The van der Waals surface area contributed by atoms with Gasteiger partial charge in [-0.3, -0.25) is 0 Å². The first-order valence-corrected chi connectivity index (χ1v) is 6.12. The smallest absolute Gasteiger partial charge is 0.197 e. The minimum Gasteiger partial charge on any atom is -0.457 e. The lowest BCUT2D eigenvalue weighted by Crippen LogP contribution is -1.90. The van der Waals surface area contributed by atoms with E-state index in [0.29, 0.717) is 22.7 Å². The fourth-order valence-corrected chi connectivity index (χ4v) is 2.27. The second-order valence-corrected chi connectivity index (χ2v) is 5.06. The van der Waals surface area contributed by atoms with Gasteiger partial charge in [-0.2, -0.15) is 0 Å². The van der Waals surface area contributed by atoms with Crippen LogP contribution in [0.25, 0.3) is 11.6 Å². The van der Waals surface area contributed by atoms with E-state index in [0.717, 1.165) is 17.4 Å². The predicted molar refractivity (Wildman–Crippen MR) is 66.0 cm³/mol. The molecule has 0 bridgehead atoms. The topological polar surface area (TPSA) is 38.9 Å². The Hall–Kier alpha value is -1.35. The summed E-state index contributed by atoms with van der Waals surface area (Å²) in [7, 11) is 0. The normalized spacial score (nSPS) is 22.8. The fraction of sp³-hybridized carbons (Fsp3) is 0.385. The lowest BCUT2D eigenvalue weighted by Gasteiger charge is -1.99. The van der Waals surface area contributed by atoms with E-state index in [9.17, 15) is 0 Å². The molecule has 0 amide bonds. The number of furan rings is 1. The molecule has 0 radical (unpaired) electrons. The van der Waals surface area contributed by atoms with Crippen molar-refractivity contribution in [3.63, 3.8) is 0 Å². The first kappa shape index (κ1) is 10.8. The van der Waals surface area contributed by atoms with Crippen LogP contribution in [0, 0.1) is 12.8 Å². The Morgan fingerprint density at radius 1 is 1.35 bits per heavy atom. The van der Waals surface area contributed by atoms with E-state index in [1.54, 1.807) is 6.07 Å².